The van der Waals surface area contributed by atoms with Gasteiger partial charge in [0, 0.05) is 15.4 Å². The molecule has 0 saturated carbocycles. The molecule has 1 aromatic heterocycles. The maximum absolute atomic E-state index is 11.2. The molecule has 0 atom stereocenters. The van der Waals surface area contributed by atoms with Crippen LogP contribution in [-0.2, 0) is 0 Å². The summed E-state index contributed by atoms with van der Waals surface area (Å²) in [7, 11) is 0. The zero-order valence-corrected chi connectivity index (χ0v) is 10.8. The van der Waals surface area contributed by atoms with Crippen LogP contribution in [0.25, 0.3) is 0 Å². The Kier molecular flexibility index (Phi) is 3.39. The fourth-order valence-corrected chi connectivity index (χ4v) is 2.24. The van der Waals surface area contributed by atoms with Gasteiger partial charge in [-0.2, -0.15) is 0 Å². The van der Waals surface area contributed by atoms with Crippen LogP contribution in [0.1, 0.15) is 0 Å². The number of benzene rings is 1. The van der Waals surface area contributed by atoms with Gasteiger partial charge in [0.2, 0.25) is 0 Å². The average Bonchev–Trinajstić information content (AvgIpc) is 2.29. The van der Waals surface area contributed by atoms with Crippen molar-refractivity contribution in [2.24, 2.45) is 0 Å². The second-order valence-corrected chi connectivity index (χ2v) is 5.18. The second kappa shape index (κ2) is 4.80. The lowest BCUT2D eigenvalue weighted by molar-refractivity contribution is 0.159. The zero-order valence-electron chi connectivity index (χ0n) is 8.38. The molecule has 0 aliphatic heterocycles. The fraction of sp³-hybridized carbons (Fsp3) is 0. The Morgan fingerprint density at radius 2 is 1.88 bits per heavy atom. The number of H-pyrrole nitrogens is 1. The highest BCUT2D eigenvalue weighted by atomic mass is 79.9. The molecule has 1 aromatic carbocycles. The molecule has 0 fully saturated rings. The minimum atomic E-state index is -0.850. The van der Waals surface area contributed by atoms with Gasteiger partial charge in [-0.25, -0.2) is 4.79 Å². The largest absolute Gasteiger partial charge is 0.421 e. The number of rotatable bonds is 2. The zero-order chi connectivity index (χ0) is 12.4. The van der Waals surface area contributed by atoms with Gasteiger partial charge in [-0.3, -0.25) is 9.78 Å². The van der Waals surface area contributed by atoms with Crippen LogP contribution in [0.15, 0.2) is 54.3 Å². The van der Waals surface area contributed by atoms with Gasteiger partial charge in [0.15, 0.2) is 0 Å². The van der Waals surface area contributed by atoms with Crippen LogP contribution < -0.4 is 11.2 Å². The Morgan fingerprint density at radius 3 is 2.47 bits per heavy atom. The van der Waals surface area contributed by atoms with E-state index in [9.17, 15) is 9.59 Å². The van der Waals surface area contributed by atoms with E-state index in [2.05, 4.69) is 20.9 Å². The monoisotopic (exact) mass is 314 g/mol. The van der Waals surface area contributed by atoms with Gasteiger partial charge in [-0.1, -0.05) is 32.4 Å². The van der Waals surface area contributed by atoms with Gasteiger partial charge in [-0.15, -0.1) is 0 Å². The number of hydrogen-bond acceptors (Lipinski definition) is 4. The molecule has 0 saturated heterocycles. The van der Waals surface area contributed by atoms with Crippen LogP contribution in [0.3, 0.4) is 0 Å². The molecule has 1 heterocycles. The predicted molar refractivity (Wildman–Crippen MR) is 66.8 cm³/mol. The minimum absolute atomic E-state index is 0.0334. The summed E-state index contributed by atoms with van der Waals surface area (Å²) in [6, 6.07) is 8.56. The number of aromatic nitrogens is 2. The summed E-state index contributed by atoms with van der Waals surface area (Å²) in [5.41, 5.74) is -1.61. The van der Waals surface area contributed by atoms with Gasteiger partial charge in [-0.05, 0) is 24.3 Å². The smallest absolute Gasteiger partial charge is 0.362 e. The van der Waals surface area contributed by atoms with Crippen molar-refractivity contribution < 1.29 is 5.21 Å². The number of aromatic amines is 1. The van der Waals surface area contributed by atoms with Crippen molar-refractivity contribution in [2.75, 3.05) is 0 Å². The Balaban J connectivity index is 2.34. The number of hydrogen-bond donors (Lipinski definition) is 2. The summed E-state index contributed by atoms with van der Waals surface area (Å²) in [6.45, 7) is 0. The number of nitrogens with zero attached hydrogens (tertiary/aromatic N) is 1. The molecule has 88 valence electrons. The van der Waals surface area contributed by atoms with Gasteiger partial charge in [0.25, 0.3) is 5.56 Å². The van der Waals surface area contributed by atoms with Gasteiger partial charge >= 0.3 is 5.69 Å². The lowest BCUT2D eigenvalue weighted by atomic mass is 10.4. The first-order chi connectivity index (χ1) is 8.06. The number of halogens is 1. The van der Waals surface area contributed by atoms with Crippen LogP contribution in [0.5, 0.6) is 0 Å². The van der Waals surface area contributed by atoms with E-state index < -0.39 is 11.2 Å². The molecule has 0 aliphatic rings. The molecular formula is C10H7BrN2O3S. The minimum Gasteiger partial charge on any atom is -0.421 e. The van der Waals surface area contributed by atoms with Gasteiger partial charge in [0.05, 0.1) is 5.03 Å². The van der Waals surface area contributed by atoms with E-state index in [0.717, 1.165) is 15.4 Å². The van der Waals surface area contributed by atoms with Crippen molar-refractivity contribution >= 4 is 27.7 Å². The van der Waals surface area contributed by atoms with Gasteiger partial charge < -0.3 is 5.21 Å². The van der Waals surface area contributed by atoms with Crippen molar-refractivity contribution in [3.05, 3.63) is 55.6 Å². The molecule has 17 heavy (non-hydrogen) atoms. The van der Waals surface area contributed by atoms with Crippen molar-refractivity contribution in [3.8, 4) is 0 Å². The normalized spacial score (nSPS) is 10.4. The summed E-state index contributed by atoms with van der Waals surface area (Å²) in [6.07, 6.45) is 0. The molecule has 0 bridgehead atoms. The van der Waals surface area contributed by atoms with E-state index in [1.54, 1.807) is 0 Å². The second-order valence-electron chi connectivity index (χ2n) is 3.14. The Labute approximate surface area is 108 Å². The maximum atomic E-state index is 11.2. The van der Waals surface area contributed by atoms with E-state index in [1.807, 2.05) is 24.3 Å². The van der Waals surface area contributed by atoms with Crippen LogP contribution in [0.2, 0.25) is 0 Å². The molecule has 0 unspecified atom stereocenters. The van der Waals surface area contributed by atoms with Crippen molar-refractivity contribution in [1.82, 2.24) is 9.71 Å². The van der Waals surface area contributed by atoms with Gasteiger partial charge in [0.1, 0.15) is 0 Å². The predicted octanol–water partition coefficient (Wildman–Crippen LogP) is 1.69. The van der Waals surface area contributed by atoms with E-state index in [-0.39, 0.29) is 4.73 Å². The first kappa shape index (κ1) is 12.0. The Hall–Kier alpha value is -1.47. The SMILES string of the molecule is O=c1cc(Sc2ccc(Br)cc2)[nH]c(=O)n1O. The maximum Gasteiger partial charge on any atom is 0.362 e. The average molecular weight is 315 g/mol. The molecule has 2 N–H and O–H groups in total. The highest BCUT2D eigenvalue weighted by molar-refractivity contribution is 9.10. The van der Waals surface area contributed by atoms with Crippen LogP contribution in [0, 0.1) is 0 Å². The van der Waals surface area contributed by atoms with Crippen molar-refractivity contribution in [1.29, 1.82) is 0 Å². The van der Waals surface area contributed by atoms with Crippen LogP contribution in [0.4, 0.5) is 0 Å². The Bertz CT molecular complexity index is 617. The van der Waals surface area contributed by atoms with E-state index in [0.29, 0.717) is 5.03 Å². The lowest BCUT2D eigenvalue weighted by Crippen LogP contribution is -2.32. The topological polar surface area (TPSA) is 75.1 Å². The molecule has 2 rings (SSSR count). The molecule has 0 amide bonds. The van der Waals surface area contributed by atoms with Crippen LogP contribution >= 0.6 is 27.7 Å². The number of nitrogens with one attached hydrogen (secondary N) is 1. The lowest BCUT2D eigenvalue weighted by Gasteiger charge is -2.01. The molecule has 5 nitrogen and oxygen atoms in total. The summed E-state index contributed by atoms with van der Waals surface area (Å²) in [5.74, 6) is 0. The highest BCUT2D eigenvalue weighted by Crippen LogP contribution is 2.25. The van der Waals surface area contributed by atoms with E-state index >= 15 is 0 Å². The third-order valence-corrected chi connectivity index (χ3v) is 3.40. The fourth-order valence-electron chi connectivity index (χ4n) is 1.15. The summed E-state index contributed by atoms with van der Waals surface area (Å²) >= 11 is 4.54. The molecule has 0 radical (unpaired) electrons. The van der Waals surface area contributed by atoms with E-state index in [4.69, 9.17) is 5.21 Å². The molecule has 7 heteroatoms. The Morgan fingerprint density at radius 1 is 1.24 bits per heavy atom. The first-order valence-corrected chi connectivity index (χ1v) is 6.16. The summed E-state index contributed by atoms with van der Waals surface area (Å²) < 4.78 is 0.979. The third kappa shape index (κ3) is 2.80. The van der Waals surface area contributed by atoms with Crippen molar-refractivity contribution in [3.63, 3.8) is 0 Å². The summed E-state index contributed by atoms with van der Waals surface area (Å²) in [4.78, 5) is 25.6. The standard InChI is InChI=1S/C10H7BrN2O3S/c11-6-1-3-7(4-2-6)17-8-5-9(14)13(16)10(15)12-8/h1-5,16H,(H,12,15). The molecule has 2 aromatic rings. The van der Waals surface area contributed by atoms with Crippen molar-refractivity contribution in [2.45, 2.75) is 9.92 Å². The molecule has 0 aliphatic carbocycles. The molecular weight excluding hydrogens is 308 g/mol. The van der Waals surface area contributed by atoms with E-state index in [1.165, 1.54) is 11.8 Å². The molecule has 0 spiro atoms. The highest BCUT2D eigenvalue weighted by Gasteiger charge is 2.04. The third-order valence-electron chi connectivity index (χ3n) is 1.93. The van der Waals surface area contributed by atoms with Crippen LogP contribution in [-0.4, -0.2) is 14.9 Å². The summed E-state index contributed by atoms with van der Waals surface area (Å²) in [5, 5.41) is 9.36. The quantitative estimate of drug-likeness (QED) is 0.653. The first-order valence-electron chi connectivity index (χ1n) is 4.55.